The van der Waals surface area contributed by atoms with E-state index in [1.165, 1.54) is 35.3 Å². The number of nitrogens with two attached hydrogens (primary N) is 1. The minimum absolute atomic E-state index is 0.765. The van der Waals surface area contributed by atoms with Gasteiger partial charge in [-0.3, -0.25) is 0 Å². The lowest BCUT2D eigenvalue weighted by molar-refractivity contribution is 0.766. The van der Waals surface area contributed by atoms with Gasteiger partial charge in [-0.05, 0) is 61.6 Å². The predicted molar refractivity (Wildman–Crippen MR) is 85.6 cm³/mol. The number of aryl methyl sites for hydroxylation is 2. The predicted octanol–water partition coefficient (Wildman–Crippen LogP) is 3.66. The molecule has 1 heterocycles. The minimum atomic E-state index is 0.765. The summed E-state index contributed by atoms with van der Waals surface area (Å²) in [5.41, 5.74) is 11.1. The van der Waals surface area contributed by atoms with Gasteiger partial charge in [-0.15, -0.1) is 0 Å². The molecule has 1 aliphatic heterocycles. The zero-order chi connectivity index (χ0) is 13.8. The Balaban J connectivity index is 1.83. The maximum atomic E-state index is 5.57. The summed E-state index contributed by atoms with van der Waals surface area (Å²) in [6.45, 7) is 1.88. The van der Waals surface area contributed by atoms with Crippen molar-refractivity contribution in [3.63, 3.8) is 0 Å². The van der Waals surface area contributed by atoms with E-state index < -0.39 is 0 Å². The second-order valence-electron chi connectivity index (χ2n) is 5.44. The smallest absolute Gasteiger partial charge is 0.0443 e. The van der Waals surface area contributed by atoms with Crippen LogP contribution in [0.3, 0.4) is 0 Å². The van der Waals surface area contributed by atoms with E-state index >= 15 is 0 Å². The van der Waals surface area contributed by atoms with Crippen LogP contribution in [0.5, 0.6) is 0 Å². The van der Waals surface area contributed by atoms with Crippen molar-refractivity contribution in [1.82, 2.24) is 0 Å². The third kappa shape index (κ3) is 2.70. The van der Waals surface area contributed by atoms with Gasteiger partial charge in [0.2, 0.25) is 0 Å². The lowest BCUT2D eigenvalue weighted by Gasteiger charge is -2.31. The van der Waals surface area contributed by atoms with Gasteiger partial charge in [-0.25, -0.2) is 0 Å². The molecule has 0 aromatic heterocycles. The molecular weight excluding hydrogens is 244 g/mol. The molecule has 0 saturated carbocycles. The van der Waals surface area contributed by atoms with Crippen LogP contribution in [0.4, 0.5) is 11.4 Å². The van der Waals surface area contributed by atoms with E-state index in [-0.39, 0.29) is 0 Å². The Morgan fingerprint density at radius 1 is 1.00 bits per heavy atom. The van der Waals surface area contributed by atoms with Crippen molar-refractivity contribution < 1.29 is 0 Å². The second-order valence-corrected chi connectivity index (χ2v) is 5.44. The van der Waals surface area contributed by atoms with Crippen molar-refractivity contribution in [3.05, 3.63) is 59.7 Å². The molecule has 2 aromatic carbocycles. The number of hydrogen-bond acceptors (Lipinski definition) is 2. The summed E-state index contributed by atoms with van der Waals surface area (Å²) in [6.07, 6.45) is 4.56. The molecule has 0 fully saturated rings. The number of anilines is 2. The van der Waals surface area contributed by atoms with Gasteiger partial charge < -0.3 is 10.6 Å². The zero-order valence-electron chi connectivity index (χ0n) is 11.9. The average molecular weight is 266 g/mol. The van der Waals surface area contributed by atoms with E-state index in [0.29, 0.717) is 0 Å². The highest BCUT2D eigenvalue weighted by Gasteiger charge is 2.17. The molecule has 2 heteroatoms. The topological polar surface area (TPSA) is 29.3 Å². The minimum Gasteiger partial charge on any atom is -0.341 e. The lowest BCUT2D eigenvalue weighted by atomic mass is 10.0. The largest absolute Gasteiger partial charge is 0.341 e. The number of fused-ring (bicyclic) bond motifs is 1. The monoisotopic (exact) mass is 266 g/mol. The van der Waals surface area contributed by atoms with Crippen molar-refractivity contribution in [2.75, 3.05) is 18.0 Å². The Morgan fingerprint density at radius 3 is 2.60 bits per heavy atom. The number of benzene rings is 2. The standard InChI is InChI=1S/C18H22N2/c19-13-3-5-15-9-11-17(12-10-15)20-14-4-7-16-6-1-2-8-18(16)20/h1-2,6,8-12H,3-5,7,13-14,19H2. The number of nitrogens with zero attached hydrogens (tertiary/aromatic N) is 1. The summed E-state index contributed by atoms with van der Waals surface area (Å²) in [7, 11) is 0. The molecule has 0 unspecified atom stereocenters. The van der Waals surface area contributed by atoms with Gasteiger partial charge in [0.05, 0.1) is 0 Å². The first-order valence-electron chi connectivity index (χ1n) is 7.53. The molecular formula is C18H22N2. The van der Waals surface area contributed by atoms with Crippen molar-refractivity contribution in [3.8, 4) is 0 Å². The highest BCUT2D eigenvalue weighted by Crippen LogP contribution is 2.33. The first-order valence-corrected chi connectivity index (χ1v) is 7.53. The Bertz CT molecular complexity index is 560. The molecule has 0 saturated heterocycles. The Morgan fingerprint density at radius 2 is 1.80 bits per heavy atom. The normalized spacial score (nSPS) is 14.2. The van der Waals surface area contributed by atoms with Crippen LogP contribution < -0.4 is 10.6 Å². The molecule has 2 N–H and O–H groups in total. The lowest BCUT2D eigenvalue weighted by Crippen LogP contribution is -2.24. The SMILES string of the molecule is NCCCc1ccc(N2CCCc3ccccc32)cc1. The number of para-hydroxylation sites is 1. The van der Waals surface area contributed by atoms with E-state index in [2.05, 4.69) is 53.4 Å². The molecule has 2 nitrogen and oxygen atoms in total. The number of rotatable bonds is 4. The van der Waals surface area contributed by atoms with Crippen molar-refractivity contribution >= 4 is 11.4 Å². The van der Waals surface area contributed by atoms with Crippen LogP contribution in [0.1, 0.15) is 24.0 Å². The van der Waals surface area contributed by atoms with Crippen LogP contribution in [0.2, 0.25) is 0 Å². The van der Waals surface area contributed by atoms with Crippen LogP contribution in [0.25, 0.3) is 0 Å². The fraction of sp³-hybridized carbons (Fsp3) is 0.333. The number of hydrogen-bond donors (Lipinski definition) is 1. The summed E-state index contributed by atoms with van der Waals surface area (Å²) in [5, 5.41) is 0. The van der Waals surface area contributed by atoms with E-state index in [4.69, 9.17) is 5.73 Å². The van der Waals surface area contributed by atoms with Crippen LogP contribution in [0, 0.1) is 0 Å². The van der Waals surface area contributed by atoms with Gasteiger partial charge in [0.25, 0.3) is 0 Å². The first-order chi connectivity index (χ1) is 9.88. The molecule has 1 aliphatic rings. The second kappa shape index (κ2) is 6.10. The van der Waals surface area contributed by atoms with Crippen LogP contribution in [-0.2, 0) is 12.8 Å². The average Bonchev–Trinajstić information content (AvgIpc) is 2.53. The molecule has 20 heavy (non-hydrogen) atoms. The molecule has 0 radical (unpaired) electrons. The Hall–Kier alpha value is -1.80. The summed E-state index contributed by atoms with van der Waals surface area (Å²) >= 11 is 0. The summed E-state index contributed by atoms with van der Waals surface area (Å²) in [5.74, 6) is 0. The van der Waals surface area contributed by atoms with Crippen molar-refractivity contribution in [2.24, 2.45) is 5.73 Å². The van der Waals surface area contributed by atoms with E-state index in [9.17, 15) is 0 Å². The zero-order valence-corrected chi connectivity index (χ0v) is 11.9. The van der Waals surface area contributed by atoms with Gasteiger partial charge in [0.15, 0.2) is 0 Å². The fourth-order valence-corrected chi connectivity index (χ4v) is 2.95. The van der Waals surface area contributed by atoms with Crippen LogP contribution >= 0.6 is 0 Å². The van der Waals surface area contributed by atoms with E-state index in [0.717, 1.165) is 25.9 Å². The summed E-state index contributed by atoms with van der Waals surface area (Å²) in [6, 6.07) is 17.7. The summed E-state index contributed by atoms with van der Waals surface area (Å²) in [4.78, 5) is 2.44. The van der Waals surface area contributed by atoms with Crippen molar-refractivity contribution in [2.45, 2.75) is 25.7 Å². The van der Waals surface area contributed by atoms with Gasteiger partial charge in [-0.1, -0.05) is 30.3 Å². The van der Waals surface area contributed by atoms with Gasteiger partial charge in [0, 0.05) is 17.9 Å². The summed E-state index contributed by atoms with van der Waals surface area (Å²) < 4.78 is 0. The molecule has 3 rings (SSSR count). The first kappa shape index (κ1) is 13.2. The Labute approximate surface area is 121 Å². The van der Waals surface area contributed by atoms with Gasteiger partial charge in [-0.2, -0.15) is 0 Å². The van der Waals surface area contributed by atoms with Gasteiger partial charge >= 0.3 is 0 Å². The quantitative estimate of drug-likeness (QED) is 0.915. The van der Waals surface area contributed by atoms with Crippen LogP contribution in [0.15, 0.2) is 48.5 Å². The highest BCUT2D eigenvalue weighted by atomic mass is 15.1. The van der Waals surface area contributed by atoms with E-state index in [1.807, 2.05) is 0 Å². The van der Waals surface area contributed by atoms with E-state index in [1.54, 1.807) is 0 Å². The molecule has 0 spiro atoms. The molecule has 2 aromatic rings. The Kier molecular flexibility index (Phi) is 4.03. The molecule has 0 atom stereocenters. The molecule has 104 valence electrons. The third-order valence-electron chi connectivity index (χ3n) is 4.03. The third-order valence-corrected chi connectivity index (χ3v) is 4.03. The van der Waals surface area contributed by atoms with Gasteiger partial charge in [0.1, 0.15) is 0 Å². The van der Waals surface area contributed by atoms with Crippen LogP contribution in [-0.4, -0.2) is 13.1 Å². The highest BCUT2D eigenvalue weighted by molar-refractivity contribution is 5.67. The maximum Gasteiger partial charge on any atom is 0.0443 e. The maximum absolute atomic E-state index is 5.57. The molecule has 0 aliphatic carbocycles. The van der Waals surface area contributed by atoms with Crippen molar-refractivity contribution in [1.29, 1.82) is 0 Å². The fourth-order valence-electron chi connectivity index (χ4n) is 2.95. The molecule has 0 amide bonds. The molecule has 0 bridgehead atoms.